The van der Waals surface area contributed by atoms with Crippen LogP contribution in [0.25, 0.3) is 0 Å². The lowest BCUT2D eigenvalue weighted by atomic mass is 10.2. The highest BCUT2D eigenvalue weighted by atomic mass is 16.5. The second-order valence-corrected chi connectivity index (χ2v) is 2.46. The number of anilines is 1. The van der Waals surface area contributed by atoms with Gasteiger partial charge in [-0.2, -0.15) is 0 Å². The predicted octanol–water partition coefficient (Wildman–Crippen LogP) is 0.174. The molecule has 4 nitrogen and oxygen atoms in total. The fourth-order valence-electron chi connectivity index (χ4n) is 0.976. The third-order valence-electron chi connectivity index (χ3n) is 1.51. The first kappa shape index (κ1) is 8.80. The Kier molecular flexibility index (Phi) is 2.88. The molecule has 4 heteroatoms. The molecular weight excluding hydrogens is 154 g/mol. The van der Waals surface area contributed by atoms with Gasteiger partial charge in [-0.1, -0.05) is 0 Å². The molecule has 0 aliphatic carbocycles. The summed E-state index contributed by atoms with van der Waals surface area (Å²) in [5.41, 5.74) is 11.8. The van der Waals surface area contributed by atoms with Gasteiger partial charge in [-0.15, -0.1) is 0 Å². The largest absolute Gasteiger partial charge is 0.497 e. The molecule has 0 bridgehead atoms. The third kappa shape index (κ3) is 2.10. The average molecular weight is 167 g/mol. The molecule has 4 N–H and O–H groups in total. The van der Waals surface area contributed by atoms with Crippen LogP contribution in [-0.2, 0) is 6.42 Å². The zero-order valence-electron chi connectivity index (χ0n) is 7.08. The highest BCUT2D eigenvalue weighted by Crippen LogP contribution is 2.14. The van der Waals surface area contributed by atoms with Gasteiger partial charge in [-0.05, 0) is 6.54 Å². The lowest BCUT2D eigenvalue weighted by Gasteiger charge is -2.03. The van der Waals surface area contributed by atoms with E-state index in [0.29, 0.717) is 12.4 Å². The summed E-state index contributed by atoms with van der Waals surface area (Å²) in [7, 11) is 1.60. The Labute approximate surface area is 71.5 Å². The van der Waals surface area contributed by atoms with Crippen molar-refractivity contribution in [3.05, 3.63) is 17.8 Å². The number of hydrogen-bond acceptors (Lipinski definition) is 4. The van der Waals surface area contributed by atoms with Crippen molar-refractivity contribution in [2.24, 2.45) is 5.73 Å². The molecule has 0 atom stereocenters. The van der Waals surface area contributed by atoms with E-state index in [9.17, 15) is 0 Å². The number of rotatable bonds is 3. The molecule has 1 heterocycles. The van der Waals surface area contributed by atoms with Crippen LogP contribution in [0.4, 0.5) is 5.82 Å². The molecule has 66 valence electrons. The zero-order valence-corrected chi connectivity index (χ0v) is 7.08. The average Bonchev–Trinajstić information content (AvgIpc) is 2.04. The summed E-state index contributed by atoms with van der Waals surface area (Å²) < 4.78 is 5.02. The van der Waals surface area contributed by atoms with Gasteiger partial charge in [0, 0.05) is 24.2 Å². The number of ether oxygens (including phenoxy) is 1. The lowest BCUT2D eigenvalue weighted by Crippen LogP contribution is -2.05. The minimum Gasteiger partial charge on any atom is -0.497 e. The number of methoxy groups -OCH3 is 1. The van der Waals surface area contributed by atoms with Crippen molar-refractivity contribution in [2.75, 3.05) is 19.4 Å². The Morgan fingerprint density at radius 3 is 2.83 bits per heavy atom. The predicted molar refractivity (Wildman–Crippen MR) is 48.0 cm³/mol. The topological polar surface area (TPSA) is 74.2 Å². The molecule has 0 fully saturated rings. The molecule has 0 saturated carbocycles. The monoisotopic (exact) mass is 167 g/mol. The van der Waals surface area contributed by atoms with Crippen LogP contribution in [-0.4, -0.2) is 18.6 Å². The molecule has 1 rings (SSSR count). The van der Waals surface area contributed by atoms with Crippen LogP contribution in [0.2, 0.25) is 0 Å². The van der Waals surface area contributed by atoms with E-state index in [1.54, 1.807) is 13.2 Å². The first-order chi connectivity index (χ1) is 5.76. The van der Waals surface area contributed by atoms with E-state index in [1.165, 1.54) is 0 Å². The Bertz CT molecular complexity index is 262. The fourth-order valence-corrected chi connectivity index (χ4v) is 0.976. The first-order valence-corrected chi connectivity index (χ1v) is 3.76. The number of pyridine rings is 1. The van der Waals surface area contributed by atoms with Crippen LogP contribution in [0.1, 0.15) is 5.69 Å². The first-order valence-electron chi connectivity index (χ1n) is 3.76. The van der Waals surface area contributed by atoms with Gasteiger partial charge < -0.3 is 16.2 Å². The molecular formula is C8H13N3O. The van der Waals surface area contributed by atoms with Gasteiger partial charge >= 0.3 is 0 Å². The second kappa shape index (κ2) is 3.92. The minimum atomic E-state index is 0.470. The van der Waals surface area contributed by atoms with Crippen LogP contribution in [0.3, 0.4) is 0 Å². The van der Waals surface area contributed by atoms with Crippen molar-refractivity contribution in [3.63, 3.8) is 0 Å². The van der Waals surface area contributed by atoms with Crippen LogP contribution in [0.5, 0.6) is 5.75 Å². The maximum absolute atomic E-state index is 5.53. The minimum absolute atomic E-state index is 0.470. The fraction of sp³-hybridized carbons (Fsp3) is 0.375. The van der Waals surface area contributed by atoms with Gasteiger partial charge in [0.25, 0.3) is 0 Å². The van der Waals surface area contributed by atoms with Crippen LogP contribution in [0.15, 0.2) is 12.1 Å². The summed E-state index contributed by atoms with van der Waals surface area (Å²) in [6.45, 7) is 0.569. The summed E-state index contributed by atoms with van der Waals surface area (Å²) in [6.07, 6.45) is 0.724. The van der Waals surface area contributed by atoms with E-state index < -0.39 is 0 Å². The summed E-state index contributed by atoms with van der Waals surface area (Å²) in [4.78, 5) is 4.09. The molecule has 0 spiro atoms. The molecule has 0 aromatic carbocycles. The Morgan fingerprint density at radius 1 is 1.50 bits per heavy atom. The highest BCUT2D eigenvalue weighted by molar-refractivity contribution is 5.38. The smallest absolute Gasteiger partial charge is 0.127 e. The number of nitrogens with zero attached hydrogens (tertiary/aromatic N) is 1. The van der Waals surface area contributed by atoms with E-state index in [1.807, 2.05) is 6.07 Å². The van der Waals surface area contributed by atoms with E-state index in [0.717, 1.165) is 17.9 Å². The van der Waals surface area contributed by atoms with Crippen molar-refractivity contribution in [1.29, 1.82) is 0 Å². The summed E-state index contributed by atoms with van der Waals surface area (Å²) in [6, 6.07) is 3.52. The van der Waals surface area contributed by atoms with Gasteiger partial charge in [-0.25, -0.2) is 4.98 Å². The van der Waals surface area contributed by atoms with Gasteiger partial charge in [0.1, 0.15) is 11.6 Å². The number of aromatic nitrogens is 1. The molecule has 1 aromatic rings. The molecule has 0 amide bonds. The maximum atomic E-state index is 5.53. The normalized spacial score (nSPS) is 9.83. The van der Waals surface area contributed by atoms with E-state index in [-0.39, 0.29) is 0 Å². The lowest BCUT2D eigenvalue weighted by molar-refractivity contribution is 0.414. The number of nitrogen functional groups attached to an aromatic ring is 1. The molecule has 0 saturated heterocycles. The van der Waals surface area contributed by atoms with Crippen molar-refractivity contribution in [1.82, 2.24) is 4.98 Å². The number of hydrogen-bond donors (Lipinski definition) is 2. The quantitative estimate of drug-likeness (QED) is 0.673. The second-order valence-electron chi connectivity index (χ2n) is 2.46. The van der Waals surface area contributed by atoms with Crippen LogP contribution < -0.4 is 16.2 Å². The third-order valence-corrected chi connectivity index (χ3v) is 1.51. The van der Waals surface area contributed by atoms with Crippen molar-refractivity contribution >= 4 is 5.82 Å². The molecule has 0 aliphatic heterocycles. The molecule has 1 aromatic heterocycles. The van der Waals surface area contributed by atoms with Crippen LogP contribution >= 0.6 is 0 Å². The summed E-state index contributed by atoms with van der Waals surface area (Å²) >= 11 is 0. The molecule has 0 aliphatic rings. The number of nitrogens with two attached hydrogens (primary N) is 2. The zero-order chi connectivity index (χ0) is 8.97. The van der Waals surface area contributed by atoms with Crippen LogP contribution in [0, 0.1) is 0 Å². The van der Waals surface area contributed by atoms with Crippen molar-refractivity contribution in [2.45, 2.75) is 6.42 Å². The van der Waals surface area contributed by atoms with Gasteiger partial charge in [-0.3, -0.25) is 0 Å². The Hall–Kier alpha value is -1.29. The summed E-state index contributed by atoms with van der Waals surface area (Å²) in [5, 5.41) is 0. The summed E-state index contributed by atoms with van der Waals surface area (Å²) in [5.74, 6) is 1.20. The molecule has 0 radical (unpaired) electrons. The standard InChI is InChI=1S/C8H13N3O/c1-12-7-4-6(2-3-9)11-8(10)5-7/h4-5H,2-3,9H2,1H3,(H2,10,11). The Balaban J connectivity index is 2.90. The van der Waals surface area contributed by atoms with E-state index in [2.05, 4.69) is 4.98 Å². The van der Waals surface area contributed by atoms with E-state index in [4.69, 9.17) is 16.2 Å². The van der Waals surface area contributed by atoms with Gasteiger partial charge in [0.05, 0.1) is 7.11 Å². The highest BCUT2D eigenvalue weighted by Gasteiger charge is 1.99. The maximum Gasteiger partial charge on any atom is 0.127 e. The van der Waals surface area contributed by atoms with E-state index >= 15 is 0 Å². The SMILES string of the molecule is COc1cc(N)nc(CCN)c1. The van der Waals surface area contributed by atoms with Crippen molar-refractivity contribution in [3.8, 4) is 5.75 Å². The molecule has 12 heavy (non-hydrogen) atoms. The van der Waals surface area contributed by atoms with Gasteiger partial charge in [0.2, 0.25) is 0 Å². The van der Waals surface area contributed by atoms with Gasteiger partial charge in [0.15, 0.2) is 0 Å². The molecule has 0 unspecified atom stereocenters. The Morgan fingerprint density at radius 2 is 2.25 bits per heavy atom. The van der Waals surface area contributed by atoms with Crippen molar-refractivity contribution < 1.29 is 4.74 Å².